The number of nitrogens with zero attached hydrogens (tertiary/aromatic N) is 1. The van der Waals surface area contributed by atoms with Gasteiger partial charge in [-0.1, -0.05) is 13.8 Å². The smallest absolute Gasteiger partial charge is 0.309 e. The summed E-state index contributed by atoms with van der Waals surface area (Å²) in [6, 6.07) is 3.71. The summed E-state index contributed by atoms with van der Waals surface area (Å²) < 4.78 is 5.75. The monoisotopic (exact) mass is 341 g/mol. The number of pyridine rings is 1. The molecule has 2 unspecified atom stereocenters. The molecule has 0 spiro atoms. The molecule has 1 N–H and O–H groups in total. The van der Waals surface area contributed by atoms with Crippen molar-refractivity contribution in [2.24, 2.45) is 11.3 Å². The zero-order chi connectivity index (χ0) is 15.0. The van der Waals surface area contributed by atoms with Gasteiger partial charge in [0.1, 0.15) is 5.60 Å². The van der Waals surface area contributed by atoms with Crippen molar-refractivity contribution in [3.05, 3.63) is 28.5 Å². The Morgan fingerprint density at radius 3 is 2.70 bits per heavy atom. The summed E-state index contributed by atoms with van der Waals surface area (Å²) in [5, 5.41) is 10.9. The van der Waals surface area contributed by atoms with Crippen LogP contribution in [0.5, 0.6) is 0 Å². The van der Waals surface area contributed by atoms with Gasteiger partial charge < -0.3 is 9.84 Å². The van der Waals surface area contributed by atoms with Gasteiger partial charge in [-0.2, -0.15) is 0 Å². The van der Waals surface area contributed by atoms with Crippen LogP contribution in [-0.2, 0) is 15.1 Å². The fourth-order valence-electron chi connectivity index (χ4n) is 3.19. The average molecular weight is 342 g/mol. The molecule has 0 radical (unpaired) electrons. The SMILES string of the molecule is COC(=O)C1CCC(O)(c2ccc(Br)cn2)CC1(C)C. The van der Waals surface area contributed by atoms with Crippen LogP contribution in [0.3, 0.4) is 0 Å². The zero-order valence-corrected chi connectivity index (χ0v) is 13.6. The second kappa shape index (κ2) is 5.45. The Morgan fingerprint density at radius 2 is 2.20 bits per heavy atom. The van der Waals surface area contributed by atoms with Crippen molar-refractivity contribution in [2.45, 2.75) is 38.7 Å². The summed E-state index contributed by atoms with van der Waals surface area (Å²) in [5.74, 6) is -0.371. The van der Waals surface area contributed by atoms with E-state index in [-0.39, 0.29) is 17.3 Å². The summed E-state index contributed by atoms with van der Waals surface area (Å²) >= 11 is 3.34. The highest BCUT2D eigenvalue weighted by Crippen LogP contribution is 2.49. The van der Waals surface area contributed by atoms with E-state index in [1.807, 2.05) is 26.0 Å². The van der Waals surface area contributed by atoms with Gasteiger partial charge in [-0.15, -0.1) is 0 Å². The topological polar surface area (TPSA) is 59.4 Å². The second-order valence-corrected chi connectivity index (χ2v) is 7.09. The minimum Gasteiger partial charge on any atom is -0.469 e. The van der Waals surface area contributed by atoms with Crippen LogP contribution in [0, 0.1) is 11.3 Å². The van der Waals surface area contributed by atoms with Crippen molar-refractivity contribution in [1.29, 1.82) is 0 Å². The molecule has 2 atom stereocenters. The van der Waals surface area contributed by atoms with Crippen LogP contribution in [0.1, 0.15) is 38.8 Å². The summed E-state index contributed by atoms with van der Waals surface area (Å²) in [4.78, 5) is 16.2. The molecule has 0 aliphatic heterocycles. The highest BCUT2D eigenvalue weighted by molar-refractivity contribution is 9.10. The number of halogens is 1. The molecule has 4 nitrogen and oxygen atoms in total. The molecule has 1 aliphatic carbocycles. The molecule has 0 bridgehead atoms. The molecule has 0 aromatic carbocycles. The fraction of sp³-hybridized carbons (Fsp3) is 0.600. The van der Waals surface area contributed by atoms with E-state index < -0.39 is 5.60 Å². The molecule has 20 heavy (non-hydrogen) atoms. The number of aliphatic hydroxyl groups is 1. The quantitative estimate of drug-likeness (QED) is 0.840. The normalized spacial score (nSPS) is 28.9. The van der Waals surface area contributed by atoms with Gasteiger partial charge in [0.15, 0.2) is 0 Å². The molecular formula is C15H20BrNO3. The molecule has 1 saturated carbocycles. The van der Waals surface area contributed by atoms with Crippen molar-refractivity contribution >= 4 is 21.9 Å². The Bertz CT molecular complexity index is 500. The fourth-order valence-corrected chi connectivity index (χ4v) is 3.42. The lowest BCUT2D eigenvalue weighted by Gasteiger charge is -2.45. The lowest BCUT2D eigenvalue weighted by atomic mass is 9.62. The Kier molecular flexibility index (Phi) is 4.21. The third kappa shape index (κ3) is 2.88. The Labute approximate surface area is 127 Å². The number of hydrogen-bond donors (Lipinski definition) is 1. The van der Waals surface area contributed by atoms with Gasteiger partial charge in [0.2, 0.25) is 0 Å². The van der Waals surface area contributed by atoms with Crippen LogP contribution in [0.4, 0.5) is 0 Å². The van der Waals surface area contributed by atoms with Crippen molar-refractivity contribution in [2.75, 3.05) is 7.11 Å². The summed E-state index contributed by atoms with van der Waals surface area (Å²) in [5.41, 5.74) is -0.638. The first-order valence-corrected chi connectivity index (χ1v) is 7.50. The Hall–Kier alpha value is -0.940. The van der Waals surface area contributed by atoms with Crippen molar-refractivity contribution in [1.82, 2.24) is 4.98 Å². The number of carbonyl (C=O) groups excluding carboxylic acids is 1. The summed E-state index contributed by atoms with van der Waals surface area (Å²) in [7, 11) is 1.41. The number of ether oxygens (including phenoxy) is 1. The molecule has 1 aromatic heterocycles. The van der Waals surface area contributed by atoms with Crippen molar-refractivity contribution < 1.29 is 14.6 Å². The Balaban J connectivity index is 2.25. The molecule has 1 aromatic rings. The number of hydrogen-bond acceptors (Lipinski definition) is 4. The van der Waals surface area contributed by atoms with Crippen molar-refractivity contribution in [3.63, 3.8) is 0 Å². The highest BCUT2D eigenvalue weighted by Gasteiger charge is 2.48. The molecule has 5 heteroatoms. The van der Waals surface area contributed by atoms with Crippen LogP contribution >= 0.6 is 15.9 Å². The molecule has 2 rings (SSSR count). The van der Waals surface area contributed by atoms with E-state index in [4.69, 9.17) is 4.74 Å². The molecule has 0 saturated heterocycles. The van der Waals surface area contributed by atoms with Crippen LogP contribution in [0.25, 0.3) is 0 Å². The van der Waals surface area contributed by atoms with Crippen molar-refractivity contribution in [3.8, 4) is 0 Å². The highest BCUT2D eigenvalue weighted by atomic mass is 79.9. The first-order chi connectivity index (χ1) is 9.28. The molecule has 1 heterocycles. The van der Waals surface area contributed by atoms with E-state index in [0.717, 1.165) is 4.47 Å². The molecular weight excluding hydrogens is 322 g/mol. The third-order valence-electron chi connectivity index (χ3n) is 4.23. The van der Waals surface area contributed by atoms with Gasteiger partial charge in [0.05, 0.1) is 18.7 Å². The zero-order valence-electron chi connectivity index (χ0n) is 12.0. The van der Waals surface area contributed by atoms with Gasteiger partial charge in [0.25, 0.3) is 0 Å². The minimum atomic E-state index is -0.977. The lowest BCUT2D eigenvalue weighted by molar-refractivity contribution is -0.158. The third-order valence-corrected chi connectivity index (χ3v) is 4.70. The number of carbonyl (C=O) groups is 1. The van der Waals surface area contributed by atoms with Gasteiger partial charge in [-0.3, -0.25) is 9.78 Å². The van der Waals surface area contributed by atoms with E-state index in [1.165, 1.54) is 7.11 Å². The predicted molar refractivity (Wildman–Crippen MR) is 79.0 cm³/mol. The van der Waals surface area contributed by atoms with E-state index >= 15 is 0 Å². The van der Waals surface area contributed by atoms with Gasteiger partial charge in [-0.05, 0) is 52.7 Å². The van der Waals surface area contributed by atoms with E-state index in [9.17, 15) is 9.90 Å². The van der Waals surface area contributed by atoms with Crippen LogP contribution in [0.15, 0.2) is 22.8 Å². The van der Waals surface area contributed by atoms with Crippen LogP contribution < -0.4 is 0 Å². The molecule has 1 fully saturated rings. The van der Waals surface area contributed by atoms with Gasteiger partial charge in [0, 0.05) is 10.7 Å². The maximum absolute atomic E-state index is 11.8. The standard InChI is InChI=1S/C15H20BrNO3/c1-14(2)9-15(19,7-6-11(14)13(18)20-3)12-5-4-10(16)8-17-12/h4-5,8,11,19H,6-7,9H2,1-3H3. The molecule has 1 aliphatic rings. The number of methoxy groups -OCH3 is 1. The average Bonchev–Trinajstić information content (AvgIpc) is 2.37. The number of rotatable bonds is 2. The first-order valence-electron chi connectivity index (χ1n) is 6.71. The minimum absolute atomic E-state index is 0.178. The maximum Gasteiger partial charge on any atom is 0.309 e. The maximum atomic E-state index is 11.8. The molecule has 0 amide bonds. The lowest BCUT2D eigenvalue weighted by Crippen LogP contribution is -2.45. The van der Waals surface area contributed by atoms with Gasteiger partial charge in [-0.25, -0.2) is 0 Å². The van der Waals surface area contributed by atoms with E-state index in [0.29, 0.717) is 25.0 Å². The number of aromatic nitrogens is 1. The number of esters is 1. The summed E-state index contributed by atoms with van der Waals surface area (Å²) in [6.45, 7) is 4.00. The van der Waals surface area contributed by atoms with Crippen LogP contribution in [-0.4, -0.2) is 23.2 Å². The Morgan fingerprint density at radius 1 is 1.50 bits per heavy atom. The van der Waals surface area contributed by atoms with E-state index in [2.05, 4.69) is 20.9 Å². The van der Waals surface area contributed by atoms with Gasteiger partial charge >= 0.3 is 5.97 Å². The van der Waals surface area contributed by atoms with Crippen LogP contribution in [0.2, 0.25) is 0 Å². The molecule has 110 valence electrons. The first kappa shape index (κ1) is 15.4. The largest absolute Gasteiger partial charge is 0.469 e. The van der Waals surface area contributed by atoms with E-state index in [1.54, 1.807) is 6.20 Å². The summed E-state index contributed by atoms with van der Waals surface area (Å²) in [6.07, 6.45) is 3.31. The predicted octanol–water partition coefficient (Wildman–Crippen LogP) is 3.03. The second-order valence-electron chi connectivity index (χ2n) is 6.17.